The third-order valence-electron chi connectivity index (χ3n) is 3.41. The first-order valence-corrected chi connectivity index (χ1v) is 9.24. The van der Waals surface area contributed by atoms with Gasteiger partial charge in [0.25, 0.3) is 0 Å². The SMILES string of the molecule is Cc1ccc(S(=O)(=O)N[C@@H](C)C(=O)OCOCc2ccccc2)cc1. The molecule has 134 valence electrons. The third-order valence-corrected chi connectivity index (χ3v) is 4.97. The van der Waals surface area contributed by atoms with Gasteiger partial charge in [0.15, 0.2) is 6.79 Å². The smallest absolute Gasteiger partial charge is 0.325 e. The van der Waals surface area contributed by atoms with E-state index in [-0.39, 0.29) is 11.7 Å². The normalized spacial score (nSPS) is 12.6. The molecular formula is C18H21NO5S. The molecule has 0 aliphatic carbocycles. The number of carbonyl (C=O) groups excluding carboxylic acids is 1. The molecule has 6 nitrogen and oxygen atoms in total. The van der Waals surface area contributed by atoms with Crippen molar-refractivity contribution in [1.82, 2.24) is 4.72 Å². The van der Waals surface area contributed by atoms with Crippen LogP contribution in [0.25, 0.3) is 0 Å². The first kappa shape index (κ1) is 19.1. The van der Waals surface area contributed by atoms with E-state index in [0.717, 1.165) is 11.1 Å². The van der Waals surface area contributed by atoms with Crippen molar-refractivity contribution < 1.29 is 22.7 Å². The first-order chi connectivity index (χ1) is 11.9. The molecule has 0 aliphatic heterocycles. The highest BCUT2D eigenvalue weighted by Crippen LogP contribution is 2.10. The molecule has 25 heavy (non-hydrogen) atoms. The summed E-state index contributed by atoms with van der Waals surface area (Å²) in [5.41, 5.74) is 1.90. The number of nitrogens with one attached hydrogen (secondary N) is 1. The summed E-state index contributed by atoms with van der Waals surface area (Å²) in [6.45, 7) is 3.34. The summed E-state index contributed by atoms with van der Waals surface area (Å²) in [7, 11) is -3.79. The second-order valence-electron chi connectivity index (χ2n) is 5.57. The van der Waals surface area contributed by atoms with Crippen molar-refractivity contribution >= 4 is 16.0 Å². The van der Waals surface area contributed by atoms with Gasteiger partial charge in [0.2, 0.25) is 10.0 Å². The molecule has 2 rings (SSSR count). The number of sulfonamides is 1. The van der Waals surface area contributed by atoms with E-state index in [1.807, 2.05) is 37.3 Å². The van der Waals surface area contributed by atoms with Crippen molar-refractivity contribution in [1.29, 1.82) is 0 Å². The van der Waals surface area contributed by atoms with Gasteiger partial charge in [-0.2, -0.15) is 4.72 Å². The van der Waals surface area contributed by atoms with E-state index in [4.69, 9.17) is 9.47 Å². The van der Waals surface area contributed by atoms with E-state index in [2.05, 4.69) is 4.72 Å². The van der Waals surface area contributed by atoms with E-state index >= 15 is 0 Å². The number of hydrogen-bond donors (Lipinski definition) is 1. The summed E-state index contributed by atoms with van der Waals surface area (Å²) in [5.74, 6) is -0.705. The average Bonchev–Trinajstić information content (AvgIpc) is 2.59. The van der Waals surface area contributed by atoms with Gasteiger partial charge < -0.3 is 9.47 Å². The Kier molecular flexibility index (Phi) is 6.69. The average molecular weight is 363 g/mol. The van der Waals surface area contributed by atoms with E-state index in [9.17, 15) is 13.2 Å². The molecule has 1 atom stereocenters. The maximum absolute atomic E-state index is 12.2. The van der Waals surface area contributed by atoms with Crippen LogP contribution in [0, 0.1) is 6.92 Å². The summed E-state index contributed by atoms with van der Waals surface area (Å²) >= 11 is 0. The monoisotopic (exact) mass is 363 g/mol. The summed E-state index contributed by atoms with van der Waals surface area (Å²) in [6, 6.07) is 14.8. The maximum atomic E-state index is 12.2. The number of carbonyl (C=O) groups is 1. The minimum absolute atomic E-state index is 0.0954. The summed E-state index contributed by atoms with van der Waals surface area (Å²) in [5, 5.41) is 0. The number of hydrogen-bond acceptors (Lipinski definition) is 5. The van der Waals surface area contributed by atoms with Gasteiger partial charge in [0, 0.05) is 0 Å². The van der Waals surface area contributed by atoms with E-state index in [1.54, 1.807) is 12.1 Å². The Morgan fingerprint density at radius 3 is 2.36 bits per heavy atom. The van der Waals surface area contributed by atoms with Crippen molar-refractivity contribution in [2.75, 3.05) is 6.79 Å². The van der Waals surface area contributed by atoms with Gasteiger partial charge in [-0.15, -0.1) is 0 Å². The molecule has 0 saturated heterocycles. The highest BCUT2D eigenvalue weighted by atomic mass is 32.2. The molecule has 2 aromatic carbocycles. The predicted octanol–water partition coefficient (Wildman–Crippen LogP) is 2.38. The van der Waals surface area contributed by atoms with E-state index in [0.29, 0.717) is 6.61 Å². The molecule has 0 unspecified atom stereocenters. The lowest BCUT2D eigenvalue weighted by molar-refractivity contribution is -0.158. The standard InChI is InChI=1S/C18H21NO5S/c1-14-8-10-17(11-9-14)25(21,22)19-15(2)18(20)24-13-23-12-16-6-4-3-5-7-16/h3-11,15,19H,12-13H2,1-2H3/t15-/m0/s1. The zero-order valence-corrected chi connectivity index (χ0v) is 15.0. The molecule has 0 radical (unpaired) electrons. The largest absolute Gasteiger partial charge is 0.437 e. The Morgan fingerprint density at radius 2 is 1.72 bits per heavy atom. The van der Waals surface area contributed by atoms with E-state index in [1.165, 1.54) is 19.1 Å². The van der Waals surface area contributed by atoms with Crippen LogP contribution in [0.3, 0.4) is 0 Å². The van der Waals surface area contributed by atoms with Crippen molar-refractivity contribution in [2.24, 2.45) is 0 Å². The van der Waals surface area contributed by atoms with Crippen LogP contribution in [-0.2, 0) is 30.9 Å². The molecule has 1 N–H and O–H groups in total. The van der Waals surface area contributed by atoms with Gasteiger partial charge in [-0.25, -0.2) is 8.42 Å². The summed E-state index contributed by atoms with van der Waals surface area (Å²) in [6.07, 6.45) is 0. The van der Waals surface area contributed by atoms with Crippen LogP contribution in [0.2, 0.25) is 0 Å². The molecule has 0 aromatic heterocycles. The highest BCUT2D eigenvalue weighted by Gasteiger charge is 2.23. The van der Waals surface area contributed by atoms with Crippen LogP contribution in [0.4, 0.5) is 0 Å². The van der Waals surface area contributed by atoms with Crippen LogP contribution in [0.15, 0.2) is 59.5 Å². The highest BCUT2D eigenvalue weighted by molar-refractivity contribution is 7.89. The van der Waals surface area contributed by atoms with Gasteiger partial charge in [-0.05, 0) is 31.5 Å². The molecule has 0 amide bonds. The zero-order chi connectivity index (χ0) is 18.3. The lowest BCUT2D eigenvalue weighted by Gasteiger charge is -2.14. The van der Waals surface area contributed by atoms with Crippen molar-refractivity contribution in [2.45, 2.75) is 31.4 Å². The van der Waals surface area contributed by atoms with E-state index < -0.39 is 22.0 Å². The molecule has 2 aromatic rings. The number of ether oxygens (including phenoxy) is 2. The van der Waals surface area contributed by atoms with Gasteiger partial charge in [0.1, 0.15) is 6.04 Å². The fourth-order valence-electron chi connectivity index (χ4n) is 2.02. The molecule has 0 spiro atoms. The topological polar surface area (TPSA) is 81.7 Å². The van der Waals surface area contributed by atoms with Crippen LogP contribution in [0.5, 0.6) is 0 Å². The molecule has 7 heteroatoms. The molecule has 0 bridgehead atoms. The molecule has 0 aliphatic rings. The van der Waals surface area contributed by atoms with Gasteiger partial charge in [0.05, 0.1) is 11.5 Å². The van der Waals surface area contributed by atoms with Gasteiger partial charge in [-0.1, -0.05) is 48.0 Å². The van der Waals surface area contributed by atoms with Crippen molar-refractivity contribution in [3.63, 3.8) is 0 Å². The zero-order valence-electron chi connectivity index (χ0n) is 14.1. The lowest BCUT2D eigenvalue weighted by atomic mass is 10.2. The van der Waals surface area contributed by atoms with Crippen LogP contribution < -0.4 is 4.72 Å². The Hall–Kier alpha value is -2.22. The number of rotatable bonds is 8. The Labute approximate surface area is 147 Å². The predicted molar refractivity (Wildman–Crippen MR) is 93.2 cm³/mol. The van der Waals surface area contributed by atoms with Gasteiger partial charge in [-0.3, -0.25) is 4.79 Å². The second-order valence-corrected chi connectivity index (χ2v) is 7.29. The maximum Gasteiger partial charge on any atom is 0.325 e. The first-order valence-electron chi connectivity index (χ1n) is 7.76. The van der Waals surface area contributed by atoms with Crippen LogP contribution in [-0.4, -0.2) is 27.2 Å². The molecule has 0 heterocycles. The summed E-state index contributed by atoms with van der Waals surface area (Å²) < 4.78 is 36.9. The fraction of sp³-hybridized carbons (Fsp3) is 0.278. The molecular weight excluding hydrogens is 342 g/mol. The van der Waals surface area contributed by atoms with Crippen LogP contribution >= 0.6 is 0 Å². The lowest BCUT2D eigenvalue weighted by Crippen LogP contribution is -2.39. The fourth-order valence-corrected chi connectivity index (χ4v) is 3.22. The number of benzene rings is 2. The van der Waals surface area contributed by atoms with Crippen molar-refractivity contribution in [3.8, 4) is 0 Å². The Morgan fingerprint density at radius 1 is 1.08 bits per heavy atom. The Balaban J connectivity index is 1.80. The third kappa shape index (κ3) is 5.97. The quantitative estimate of drug-likeness (QED) is 0.442. The molecule has 0 saturated carbocycles. The minimum Gasteiger partial charge on any atom is -0.437 e. The number of aryl methyl sites for hydroxylation is 1. The second kappa shape index (κ2) is 8.75. The Bertz CT molecular complexity index is 788. The summed E-state index contributed by atoms with van der Waals surface area (Å²) in [4.78, 5) is 12.0. The number of esters is 1. The van der Waals surface area contributed by atoms with Gasteiger partial charge >= 0.3 is 5.97 Å². The minimum atomic E-state index is -3.79. The van der Waals surface area contributed by atoms with Crippen LogP contribution in [0.1, 0.15) is 18.1 Å². The molecule has 0 fully saturated rings. The van der Waals surface area contributed by atoms with Crippen molar-refractivity contribution in [3.05, 3.63) is 65.7 Å².